The Morgan fingerprint density at radius 2 is 1.83 bits per heavy atom. The highest BCUT2D eigenvalue weighted by Crippen LogP contribution is 2.22. The molecule has 1 aromatic rings. The Kier molecular flexibility index (Phi) is 5.35. The van der Waals surface area contributed by atoms with E-state index in [2.05, 4.69) is 5.32 Å². The molecule has 0 bridgehead atoms. The summed E-state index contributed by atoms with van der Waals surface area (Å²) in [6, 6.07) is 8.25. The molecule has 2 fully saturated rings. The van der Waals surface area contributed by atoms with Crippen LogP contribution in [0.1, 0.15) is 38.5 Å². The highest BCUT2D eigenvalue weighted by atomic mass is 16.6. The Balaban J connectivity index is 1.62. The van der Waals surface area contributed by atoms with Crippen LogP contribution in [-0.4, -0.2) is 46.7 Å². The Morgan fingerprint density at radius 1 is 1.12 bits per heavy atom. The number of likely N-dealkylation sites (tertiary alicyclic amines) is 1. The van der Waals surface area contributed by atoms with Gasteiger partial charge in [0.05, 0.1) is 12.6 Å². The molecule has 0 aromatic heterocycles. The van der Waals surface area contributed by atoms with E-state index in [1.165, 1.54) is 11.3 Å². The van der Waals surface area contributed by atoms with E-state index in [0.717, 1.165) is 25.7 Å². The van der Waals surface area contributed by atoms with Crippen LogP contribution in [0.3, 0.4) is 0 Å². The molecule has 6 heteroatoms. The molecule has 1 aliphatic carbocycles. The minimum atomic E-state index is -0.699. The lowest BCUT2D eigenvalue weighted by Gasteiger charge is -2.27. The Bertz CT molecular complexity index is 572. The van der Waals surface area contributed by atoms with Crippen molar-refractivity contribution in [1.29, 1.82) is 0 Å². The maximum absolute atomic E-state index is 12.6. The van der Waals surface area contributed by atoms with Crippen molar-refractivity contribution in [1.82, 2.24) is 10.2 Å². The monoisotopic (exact) mass is 332 g/mol. The molecule has 1 heterocycles. The number of carbonyl (C=O) groups excluding carboxylic acids is 2. The summed E-state index contributed by atoms with van der Waals surface area (Å²) in [4.78, 5) is 26.3. The number of amides is 2. The summed E-state index contributed by atoms with van der Waals surface area (Å²) in [6.07, 6.45) is 4.38. The van der Waals surface area contributed by atoms with Crippen molar-refractivity contribution >= 4 is 12.0 Å². The number of rotatable bonds is 3. The fourth-order valence-corrected chi connectivity index (χ4v) is 3.46. The van der Waals surface area contributed by atoms with E-state index < -0.39 is 18.2 Å². The second-order valence-corrected chi connectivity index (χ2v) is 6.58. The average Bonchev–Trinajstić information content (AvgIpc) is 2.99. The van der Waals surface area contributed by atoms with Crippen LogP contribution >= 0.6 is 0 Å². The van der Waals surface area contributed by atoms with Crippen LogP contribution < -0.4 is 10.1 Å². The van der Waals surface area contributed by atoms with E-state index in [-0.39, 0.29) is 24.9 Å². The van der Waals surface area contributed by atoms with Gasteiger partial charge in [-0.3, -0.25) is 9.69 Å². The maximum atomic E-state index is 12.6. The molecule has 1 saturated carbocycles. The number of nitrogens with one attached hydrogen (secondary N) is 1. The third-order valence-corrected chi connectivity index (χ3v) is 4.72. The molecule has 1 aliphatic heterocycles. The molecular weight excluding hydrogens is 308 g/mol. The normalized spacial score (nSPS) is 24.6. The molecule has 0 unspecified atom stereocenters. The topological polar surface area (TPSA) is 78.9 Å². The maximum Gasteiger partial charge on any atom is 0.416 e. The lowest BCUT2D eigenvalue weighted by Crippen LogP contribution is -2.49. The van der Waals surface area contributed by atoms with E-state index in [4.69, 9.17) is 4.74 Å². The first-order chi connectivity index (χ1) is 11.6. The van der Waals surface area contributed by atoms with E-state index in [9.17, 15) is 14.7 Å². The van der Waals surface area contributed by atoms with E-state index in [0.29, 0.717) is 5.75 Å². The SMILES string of the molecule is O=C(NC1CCCCC1)[C@@H]1C[C@H](O)CN1C(=O)Oc1ccccc1. The highest BCUT2D eigenvalue weighted by molar-refractivity contribution is 5.87. The zero-order chi connectivity index (χ0) is 16.9. The first-order valence-corrected chi connectivity index (χ1v) is 8.65. The molecule has 130 valence electrons. The molecule has 2 atom stereocenters. The van der Waals surface area contributed by atoms with Gasteiger partial charge >= 0.3 is 6.09 Å². The molecule has 2 N–H and O–H groups in total. The molecule has 6 nitrogen and oxygen atoms in total. The second-order valence-electron chi connectivity index (χ2n) is 6.58. The van der Waals surface area contributed by atoms with E-state index in [1.54, 1.807) is 24.3 Å². The number of β-amino-alcohol motifs (C(OH)–C–C–N with tert-alkyl or cyclic N) is 1. The summed E-state index contributed by atoms with van der Waals surface area (Å²) in [5.41, 5.74) is 0. The van der Waals surface area contributed by atoms with E-state index in [1.807, 2.05) is 6.07 Å². The molecule has 1 saturated heterocycles. The zero-order valence-corrected chi connectivity index (χ0v) is 13.7. The van der Waals surface area contributed by atoms with Crippen molar-refractivity contribution in [2.45, 2.75) is 56.7 Å². The molecule has 0 radical (unpaired) electrons. The van der Waals surface area contributed by atoms with Gasteiger partial charge in [-0.25, -0.2) is 4.79 Å². The largest absolute Gasteiger partial charge is 0.416 e. The second kappa shape index (κ2) is 7.66. The smallest absolute Gasteiger partial charge is 0.410 e. The summed E-state index contributed by atoms with van der Waals surface area (Å²) < 4.78 is 5.31. The quantitative estimate of drug-likeness (QED) is 0.888. The number of para-hydroxylation sites is 1. The van der Waals surface area contributed by atoms with Gasteiger partial charge in [0.25, 0.3) is 0 Å². The fraction of sp³-hybridized carbons (Fsp3) is 0.556. The van der Waals surface area contributed by atoms with Crippen LogP contribution in [-0.2, 0) is 4.79 Å². The summed E-state index contributed by atoms with van der Waals surface area (Å²) in [5.74, 6) is 0.235. The zero-order valence-electron chi connectivity index (χ0n) is 13.7. The van der Waals surface area contributed by atoms with Gasteiger partial charge < -0.3 is 15.2 Å². The molecule has 3 rings (SSSR count). The van der Waals surface area contributed by atoms with Crippen LogP contribution in [0.15, 0.2) is 30.3 Å². The van der Waals surface area contributed by atoms with Crippen LogP contribution in [0.4, 0.5) is 4.79 Å². The van der Waals surface area contributed by atoms with Gasteiger partial charge in [-0.1, -0.05) is 37.5 Å². The van der Waals surface area contributed by atoms with Crippen molar-refractivity contribution in [2.24, 2.45) is 0 Å². The van der Waals surface area contributed by atoms with Gasteiger partial charge in [-0.15, -0.1) is 0 Å². The van der Waals surface area contributed by atoms with E-state index >= 15 is 0 Å². The van der Waals surface area contributed by atoms with Gasteiger partial charge in [0, 0.05) is 12.5 Å². The molecule has 2 amide bonds. The minimum absolute atomic E-state index is 0.119. The molecular formula is C18H24N2O4. The number of hydrogen-bond donors (Lipinski definition) is 2. The number of benzene rings is 1. The summed E-state index contributed by atoms with van der Waals surface area (Å²) in [5, 5.41) is 12.9. The third kappa shape index (κ3) is 4.06. The molecule has 1 aromatic carbocycles. The molecule has 2 aliphatic rings. The van der Waals surface area contributed by atoms with Gasteiger partial charge in [-0.05, 0) is 25.0 Å². The van der Waals surface area contributed by atoms with Crippen LogP contribution in [0.25, 0.3) is 0 Å². The Morgan fingerprint density at radius 3 is 2.54 bits per heavy atom. The number of hydrogen-bond acceptors (Lipinski definition) is 4. The lowest BCUT2D eigenvalue weighted by molar-refractivity contribution is -0.125. The predicted molar refractivity (Wildman–Crippen MR) is 88.6 cm³/mol. The van der Waals surface area contributed by atoms with Gasteiger partial charge in [0.15, 0.2) is 0 Å². The predicted octanol–water partition coefficient (Wildman–Crippen LogP) is 2.07. The minimum Gasteiger partial charge on any atom is -0.410 e. The summed E-state index contributed by atoms with van der Waals surface area (Å²) in [7, 11) is 0. The van der Waals surface area contributed by atoms with Gasteiger partial charge in [0.2, 0.25) is 5.91 Å². The number of ether oxygens (including phenoxy) is 1. The van der Waals surface area contributed by atoms with Crippen molar-refractivity contribution < 1.29 is 19.4 Å². The third-order valence-electron chi connectivity index (χ3n) is 4.72. The summed E-state index contributed by atoms with van der Waals surface area (Å²) >= 11 is 0. The first-order valence-electron chi connectivity index (χ1n) is 8.65. The molecule has 0 spiro atoms. The number of aliphatic hydroxyl groups excluding tert-OH is 1. The van der Waals surface area contributed by atoms with Crippen LogP contribution in [0.2, 0.25) is 0 Å². The number of aliphatic hydroxyl groups is 1. The van der Waals surface area contributed by atoms with Crippen molar-refractivity contribution in [3.63, 3.8) is 0 Å². The van der Waals surface area contributed by atoms with Crippen molar-refractivity contribution in [3.05, 3.63) is 30.3 Å². The number of carbonyl (C=O) groups is 2. The van der Waals surface area contributed by atoms with Crippen molar-refractivity contribution in [2.75, 3.05) is 6.54 Å². The highest BCUT2D eigenvalue weighted by Gasteiger charge is 2.40. The van der Waals surface area contributed by atoms with Gasteiger partial charge in [-0.2, -0.15) is 0 Å². The first kappa shape index (κ1) is 16.8. The molecule has 24 heavy (non-hydrogen) atoms. The lowest BCUT2D eigenvalue weighted by atomic mass is 9.95. The standard InChI is InChI=1S/C18H24N2O4/c21-14-11-16(17(22)19-13-7-3-1-4-8-13)20(12-14)18(23)24-15-9-5-2-6-10-15/h2,5-6,9-10,13-14,16,21H,1,3-4,7-8,11-12H2,(H,19,22)/t14-,16-/m0/s1. The van der Waals surface area contributed by atoms with Crippen LogP contribution in [0.5, 0.6) is 5.75 Å². The number of nitrogens with zero attached hydrogens (tertiary/aromatic N) is 1. The van der Waals surface area contributed by atoms with Gasteiger partial charge in [0.1, 0.15) is 11.8 Å². The average molecular weight is 332 g/mol. The Labute approximate surface area is 141 Å². The Hall–Kier alpha value is -2.08. The summed E-state index contributed by atoms with van der Waals surface area (Å²) in [6.45, 7) is 0.119. The van der Waals surface area contributed by atoms with Crippen LogP contribution in [0, 0.1) is 0 Å². The fourth-order valence-electron chi connectivity index (χ4n) is 3.46. The van der Waals surface area contributed by atoms with Crippen molar-refractivity contribution in [3.8, 4) is 5.75 Å².